The van der Waals surface area contributed by atoms with Crippen LogP contribution < -0.4 is 15.2 Å². The Morgan fingerprint density at radius 1 is 1.32 bits per heavy atom. The summed E-state index contributed by atoms with van der Waals surface area (Å²) in [5, 5.41) is 8.55. The minimum Gasteiger partial charge on any atom is -0.490 e. The number of benzene rings is 1. The number of carbonyl (C=O) groups is 2. The Bertz CT molecular complexity index is 496. The molecule has 1 amide bonds. The molecule has 0 aliphatic carbocycles. The molecule has 0 aliphatic rings. The van der Waals surface area contributed by atoms with Crippen molar-refractivity contribution in [1.29, 1.82) is 0 Å². The highest BCUT2D eigenvalue weighted by Crippen LogP contribution is 2.28. The molecule has 0 aromatic heterocycles. The van der Waals surface area contributed by atoms with E-state index in [-0.39, 0.29) is 6.61 Å². The normalized spacial score (nSPS) is 10.4. The number of carboxylic acids is 1. The Hall–Kier alpha value is -2.50. The highest BCUT2D eigenvalue weighted by atomic mass is 16.5. The fourth-order valence-corrected chi connectivity index (χ4v) is 1.33. The lowest BCUT2D eigenvalue weighted by Crippen LogP contribution is -2.20. The zero-order valence-electron chi connectivity index (χ0n) is 10.5. The van der Waals surface area contributed by atoms with Crippen molar-refractivity contribution >= 4 is 18.0 Å². The van der Waals surface area contributed by atoms with Gasteiger partial charge in [-0.1, -0.05) is 6.07 Å². The number of hydrogen-bond donors (Lipinski definition) is 2. The monoisotopic (exact) mass is 265 g/mol. The van der Waals surface area contributed by atoms with Crippen LogP contribution in [-0.4, -0.2) is 30.2 Å². The van der Waals surface area contributed by atoms with Gasteiger partial charge in [-0.15, -0.1) is 0 Å². The van der Waals surface area contributed by atoms with Crippen molar-refractivity contribution in [3.05, 3.63) is 29.8 Å². The molecule has 1 aromatic rings. The smallest absolute Gasteiger partial charge is 0.328 e. The molecule has 0 fully saturated rings. The van der Waals surface area contributed by atoms with E-state index >= 15 is 0 Å². The second kappa shape index (κ2) is 7.05. The van der Waals surface area contributed by atoms with E-state index in [0.717, 1.165) is 6.08 Å². The Balaban J connectivity index is 2.93. The Labute approximate surface area is 110 Å². The maximum absolute atomic E-state index is 10.7. The molecule has 6 heteroatoms. The van der Waals surface area contributed by atoms with Crippen LogP contribution in [0, 0.1) is 0 Å². The van der Waals surface area contributed by atoms with Crippen LogP contribution in [0.25, 0.3) is 6.08 Å². The lowest BCUT2D eigenvalue weighted by Gasteiger charge is -2.11. The number of primary amides is 1. The molecule has 1 rings (SSSR count). The average molecular weight is 265 g/mol. The van der Waals surface area contributed by atoms with Crippen LogP contribution in [-0.2, 0) is 9.59 Å². The van der Waals surface area contributed by atoms with Gasteiger partial charge in [0.05, 0.1) is 6.61 Å². The molecular formula is C13H15NO5. The van der Waals surface area contributed by atoms with Crippen LogP contribution in [0.2, 0.25) is 0 Å². The van der Waals surface area contributed by atoms with E-state index in [1.165, 1.54) is 6.08 Å². The maximum Gasteiger partial charge on any atom is 0.328 e. The van der Waals surface area contributed by atoms with Crippen LogP contribution in [0.3, 0.4) is 0 Å². The SMILES string of the molecule is CCOc1cc(/C=C/C(=O)O)ccc1OCC(N)=O. The standard InChI is InChI=1S/C13H15NO5/c1-2-18-11-7-9(4-6-13(16)17)3-5-10(11)19-8-12(14)15/h3-7H,2,8H2,1H3,(H2,14,15)(H,16,17)/b6-4+. The van der Waals surface area contributed by atoms with Crippen LogP contribution in [0.1, 0.15) is 12.5 Å². The first-order valence-electron chi connectivity index (χ1n) is 5.62. The van der Waals surface area contributed by atoms with Crippen molar-refractivity contribution in [3.63, 3.8) is 0 Å². The molecule has 19 heavy (non-hydrogen) atoms. The quantitative estimate of drug-likeness (QED) is 0.718. The molecule has 0 saturated carbocycles. The molecule has 0 aliphatic heterocycles. The zero-order valence-corrected chi connectivity index (χ0v) is 10.5. The molecule has 3 N–H and O–H groups in total. The minimum atomic E-state index is -1.04. The summed E-state index contributed by atoms with van der Waals surface area (Å²) in [6, 6.07) is 4.87. The van der Waals surface area contributed by atoms with E-state index in [2.05, 4.69) is 0 Å². The maximum atomic E-state index is 10.7. The number of amides is 1. The minimum absolute atomic E-state index is 0.246. The van der Waals surface area contributed by atoms with Crippen LogP contribution in [0.4, 0.5) is 0 Å². The van der Waals surface area contributed by atoms with Crippen molar-refractivity contribution in [2.45, 2.75) is 6.92 Å². The number of nitrogens with two attached hydrogens (primary N) is 1. The number of rotatable bonds is 7. The van der Waals surface area contributed by atoms with Gasteiger partial charge in [0.1, 0.15) is 0 Å². The largest absolute Gasteiger partial charge is 0.490 e. The van der Waals surface area contributed by atoms with E-state index in [1.54, 1.807) is 25.1 Å². The topological polar surface area (TPSA) is 98.8 Å². The highest BCUT2D eigenvalue weighted by molar-refractivity contribution is 5.85. The Morgan fingerprint density at radius 3 is 2.63 bits per heavy atom. The second-order valence-corrected chi connectivity index (χ2v) is 3.57. The average Bonchev–Trinajstić information content (AvgIpc) is 2.35. The lowest BCUT2D eigenvalue weighted by atomic mass is 10.2. The van der Waals surface area contributed by atoms with Gasteiger partial charge in [0.25, 0.3) is 5.91 Å². The van der Waals surface area contributed by atoms with Gasteiger partial charge < -0.3 is 20.3 Å². The summed E-state index contributed by atoms with van der Waals surface area (Å²) in [4.78, 5) is 21.1. The molecule has 0 bridgehead atoms. The predicted molar refractivity (Wildman–Crippen MR) is 69.0 cm³/mol. The molecule has 6 nitrogen and oxygen atoms in total. The molecule has 0 radical (unpaired) electrons. The van der Waals surface area contributed by atoms with Crippen LogP contribution >= 0.6 is 0 Å². The Kier molecular flexibility index (Phi) is 5.40. The van der Waals surface area contributed by atoms with Gasteiger partial charge in [0.2, 0.25) is 0 Å². The summed E-state index contributed by atoms with van der Waals surface area (Å²) in [7, 11) is 0. The van der Waals surface area contributed by atoms with Crippen molar-refractivity contribution in [2.75, 3.05) is 13.2 Å². The zero-order chi connectivity index (χ0) is 14.3. The van der Waals surface area contributed by atoms with Crippen LogP contribution in [0.5, 0.6) is 11.5 Å². The van der Waals surface area contributed by atoms with Gasteiger partial charge in [0, 0.05) is 6.08 Å². The van der Waals surface area contributed by atoms with Gasteiger partial charge in [-0.05, 0) is 30.7 Å². The number of hydrogen-bond acceptors (Lipinski definition) is 4. The van der Waals surface area contributed by atoms with E-state index in [4.69, 9.17) is 20.3 Å². The summed E-state index contributed by atoms with van der Waals surface area (Å²) in [6.07, 6.45) is 2.46. The van der Waals surface area contributed by atoms with Gasteiger partial charge >= 0.3 is 5.97 Å². The van der Waals surface area contributed by atoms with Crippen LogP contribution in [0.15, 0.2) is 24.3 Å². The molecule has 0 spiro atoms. The second-order valence-electron chi connectivity index (χ2n) is 3.57. The number of aliphatic carboxylic acids is 1. The molecule has 0 unspecified atom stereocenters. The first-order chi connectivity index (χ1) is 9.02. The molecule has 0 atom stereocenters. The molecule has 0 heterocycles. The summed E-state index contributed by atoms with van der Waals surface area (Å²) >= 11 is 0. The third-order valence-electron chi connectivity index (χ3n) is 2.06. The van der Waals surface area contributed by atoms with Crippen molar-refractivity contribution < 1.29 is 24.2 Å². The fourth-order valence-electron chi connectivity index (χ4n) is 1.33. The van der Waals surface area contributed by atoms with E-state index in [0.29, 0.717) is 23.7 Å². The number of ether oxygens (including phenoxy) is 2. The van der Waals surface area contributed by atoms with Crippen molar-refractivity contribution in [1.82, 2.24) is 0 Å². The predicted octanol–water partition coefficient (Wildman–Crippen LogP) is 1.05. The van der Waals surface area contributed by atoms with E-state index in [9.17, 15) is 9.59 Å². The molecule has 1 aromatic carbocycles. The van der Waals surface area contributed by atoms with Gasteiger partial charge in [-0.3, -0.25) is 4.79 Å². The first-order valence-corrected chi connectivity index (χ1v) is 5.62. The van der Waals surface area contributed by atoms with Crippen molar-refractivity contribution in [2.24, 2.45) is 5.73 Å². The molecular weight excluding hydrogens is 250 g/mol. The van der Waals surface area contributed by atoms with E-state index < -0.39 is 11.9 Å². The van der Waals surface area contributed by atoms with Gasteiger partial charge in [0.15, 0.2) is 18.1 Å². The molecule has 102 valence electrons. The molecule has 0 saturated heterocycles. The summed E-state index contributed by atoms with van der Waals surface area (Å²) < 4.78 is 10.6. The lowest BCUT2D eigenvalue weighted by molar-refractivity contribution is -0.131. The first kappa shape index (κ1) is 14.6. The third-order valence-corrected chi connectivity index (χ3v) is 2.06. The summed E-state index contributed by atoms with van der Waals surface area (Å²) in [6.45, 7) is 1.97. The van der Waals surface area contributed by atoms with Gasteiger partial charge in [-0.25, -0.2) is 4.79 Å². The number of carbonyl (C=O) groups excluding carboxylic acids is 1. The summed E-state index contributed by atoms with van der Waals surface area (Å²) in [5.74, 6) is -0.811. The van der Waals surface area contributed by atoms with E-state index in [1.807, 2.05) is 0 Å². The third kappa shape index (κ3) is 5.12. The summed E-state index contributed by atoms with van der Waals surface area (Å²) in [5.41, 5.74) is 5.64. The Morgan fingerprint density at radius 2 is 2.05 bits per heavy atom. The van der Waals surface area contributed by atoms with Gasteiger partial charge in [-0.2, -0.15) is 0 Å². The van der Waals surface area contributed by atoms with Crippen molar-refractivity contribution in [3.8, 4) is 11.5 Å². The highest BCUT2D eigenvalue weighted by Gasteiger charge is 2.07. The number of carboxylic acid groups (broad SMARTS) is 1. The fraction of sp³-hybridized carbons (Fsp3) is 0.231.